The summed E-state index contributed by atoms with van der Waals surface area (Å²) in [4.78, 5) is 10.4. The van der Waals surface area contributed by atoms with E-state index in [0.717, 1.165) is 19.3 Å². The molecule has 0 amide bonds. The van der Waals surface area contributed by atoms with Crippen LogP contribution >= 0.6 is 0 Å². The number of nitro benzene ring substituents is 1. The fourth-order valence-electron chi connectivity index (χ4n) is 1.80. The van der Waals surface area contributed by atoms with Crippen LogP contribution in [0.4, 0.5) is 5.69 Å². The Labute approximate surface area is 126 Å². The highest BCUT2D eigenvalue weighted by Gasteiger charge is 2.12. The molecule has 0 heterocycles. The topological polar surface area (TPSA) is 52.4 Å². The number of nitro groups is 1. The van der Waals surface area contributed by atoms with Crippen LogP contribution in [0.3, 0.4) is 0 Å². The lowest BCUT2D eigenvalue weighted by atomic mass is 10.1. The van der Waals surface area contributed by atoms with Crippen LogP contribution in [0, 0.1) is 10.1 Å². The van der Waals surface area contributed by atoms with Crippen LogP contribution in [0.1, 0.15) is 40.0 Å². The van der Waals surface area contributed by atoms with Gasteiger partial charge in [0, 0.05) is 6.07 Å². The van der Waals surface area contributed by atoms with E-state index in [0.29, 0.717) is 12.4 Å². The van der Waals surface area contributed by atoms with E-state index in [1.807, 2.05) is 6.08 Å². The number of rotatable bonds is 8. The number of hydrogen-bond donors (Lipinski definition) is 0. The normalized spacial score (nSPS) is 12.3. The van der Waals surface area contributed by atoms with Crippen molar-refractivity contribution in [3.05, 3.63) is 57.7 Å². The first kappa shape index (κ1) is 17.0. The van der Waals surface area contributed by atoms with Crippen LogP contribution in [0.2, 0.25) is 0 Å². The van der Waals surface area contributed by atoms with Crippen LogP contribution in [0.5, 0.6) is 5.75 Å². The van der Waals surface area contributed by atoms with E-state index in [1.165, 1.54) is 17.2 Å². The van der Waals surface area contributed by atoms with E-state index in [9.17, 15) is 10.1 Å². The number of nitrogens with zero attached hydrogens (tertiary/aromatic N) is 1. The number of para-hydroxylation sites is 2. The van der Waals surface area contributed by atoms with Gasteiger partial charge in [-0.3, -0.25) is 10.1 Å². The Kier molecular flexibility index (Phi) is 7.23. The Morgan fingerprint density at radius 1 is 1.24 bits per heavy atom. The molecular formula is C17H23NO3. The summed E-state index contributed by atoms with van der Waals surface area (Å²) in [6.45, 7) is 6.69. The Hall–Kier alpha value is -2.10. The second-order valence-corrected chi connectivity index (χ2v) is 5.03. The highest BCUT2D eigenvalue weighted by molar-refractivity contribution is 5.45. The van der Waals surface area contributed by atoms with E-state index in [2.05, 4.69) is 26.8 Å². The first-order valence-corrected chi connectivity index (χ1v) is 7.22. The van der Waals surface area contributed by atoms with Gasteiger partial charge in [0.2, 0.25) is 0 Å². The fraction of sp³-hybridized carbons (Fsp3) is 0.412. The van der Waals surface area contributed by atoms with Crippen molar-refractivity contribution in [1.29, 1.82) is 0 Å². The molecule has 1 aromatic carbocycles. The molecular weight excluding hydrogens is 266 g/mol. The van der Waals surface area contributed by atoms with Crippen LogP contribution < -0.4 is 4.74 Å². The smallest absolute Gasteiger partial charge is 0.310 e. The third-order valence-corrected chi connectivity index (χ3v) is 3.32. The molecule has 0 spiro atoms. The van der Waals surface area contributed by atoms with Crippen molar-refractivity contribution in [1.82, 2.24) is 0 Å². The van der Waals surface area contributed by atoms with Crippen molar-refractivity contribution in [2.24, 2.45) is 0 Å². The molecule has 0 atom stereocenters. The molecule has 0 aliphatic heterocycles. The third kappa shape index (κ3) is 6.25. The molecule has 0 aromatic heterocycles. The molecule has 0 N–H and O–H groups in total. The molecule has 0 bridgehead atoms. The predicted molar refractivity (Wildman–Crippen MR) is 85.6 cm³/mol. The second-order valence-electron chi connectivity index (χ2n) is 5.03. The van der Waals surface area contributed by atoms with Gasteiger partial charge in [-0.15, -0.1) is 0 Å². The molecule has 0 saturated carbocycles. The molecule has 0 unspecified atom stereocenters. The highest BCUT2D eigenvalue weighted by Crippen LogP contribution is 2.25. The largest absolute Gasteiger partial charge is 0.483 e. The summed E-state index contributed by atoms with van der Waals surface area (Å²) in [6, 6.07) is 6.44. The van der Waals surface area contributed by atoms with Crippen molar-refractivity contribution >= 4 is 5.69 Å². The zero-order valence-electron chi connectivity index (χ0n) is 13.0. The lowest BCUT2D eigenvalue weighted by Gasteiger charge is -2.05. The van der Waals surface area contributed by atoms with E-state index in [-0.39, 0.29) is 5.69 Å². The van der Waals surface area contributed by atoms with Crippen LogP contribution in [-0.4, -0.2) is 11.5 Å². The van der Waals surface area contributed by atoms with E-state index in [4.69, 9.17) is 4.74 Å². The van der Waals surface area contributed by atoms with Gasteiger partial charge in [-0.2, -0.15) is 0 Å². The van der Waals surface area contributed by atoms with Gasteiger partial charge in [0.1, 0.15) is 6.61 Å². The summed E-state index contributed by atoms with van der Waals surface area (Å²) >= 11 is 0. The molecule has 0 radical (unpaired) electrons. The minimum absolute atomic E-state index is 0.00468. The molecule has 114 valence electrons. The lowest BCUT2D eigenvalue weighted by Crippen LogP contribution is -1.98. The Balaban J connectivity index is 2.49. The van der Waals surface area contributed by atoms with E-state index in [1.54, 1.807) is 18.2 Å². The Morgan fingerprint density at radius 2 is 1.95 bits per heavy atom. The van der Waals surface area contributed by atoms with Gasteiger partial charge in [-0.25, -0.2) is 0 Å². The average Bonchev–Trinajstić information content (AvgIpc) is 2.47. The minimum Gasteiger partial charge on any atom is -0.483 e. The van der Waals surface area contributed by atoms with Crippen LogP contribution in [0.15, 0.2) is 47.6 Å². The monoisotopic (exact) mass is 289 g/mol. The lowest BCUT2D eigenvalue weighted by molar-refractivity contribution is -0.385. The van der Waals surface area contributed by atoms with Gasteiger partial charge in [-0.05, 0) is 45.3 Å². The molecule has 0 fully saturated rings. The Morgan fingerprint density at radius 3 is 2.62 bits per heavy atom. The van der Waals surface area contributed by atoms with E-state index < -0.39 is 4.92 Å². The summed E-state index contributed by atoms with van der Waals surface area (Å²) in [5, 5.41) is 10.9. The van der Waals surface area contributed by atoms with E-state index >= 15 is 0 Å². The minimum atomic E-state index is -0.426. The van der Waals surface area contributed by atoms with Crippen LogP contribution in [-0.2, 0) is 0 Å². The summed E-state index contributed by atoms with van der Waals surface area (Å²) in [5.74, 6) is 0.313. The van der Waals surface area contributed by atoms with Gasteiger partial charge < -0.3 is 4.74 Å². The summed E-state index contributed by atoms with van der Waals surface area (Å²) in [5.41, 5.74) is 2.64. The maximum absolute atomic E-state index is 10.9. The van der Waals surface area contributed by atoms with Gasteiger partial charge in [0.05, 0.1) is 4.92 Å². The first-order valence-electron chi connectivity index (χ1n) is 7.22. The quantitative estimate of drug-likeness (QED) is 0.382. The number of benzene rings is 1. The molecule has 0 aliphatic rings. The molecule has 21 heavy (non-hydrogen) atoms. The first-order chi connectivity index (χ1) is 10.0. The average molecular weight is 289 g/mol. The van der Waals surface area contributed by atoms with Crippen molar-refractivity contribution < 1.29 is 9.66 Å². The van der Waals surface area contributed by atoms with Gasteiger partial charge in [0.25, 0.3) is 0 Å². The van der Waals surface area contributed by atoms with Gasteiger partial charge in [0.15, 0.2) is 5.75 Å². The van der Waals surface area contributed by atoms with Crippen molar-refractivity contribution in [2.45, 2.75) is 40.0 Å². The SMILES string of the molecule is CC/C(C)=C\CC/C(C)=C\COc1ccccc1[N+](=O)[O-]. The number of ether oxygens (including phenoxy) is 1. The summed E-state index contributed by atoms with van der Waals surface area (Å²) < 4.78 is 5.48. The zero-order chi connectivity index (χ0) is 15.7. The third-order valence-electron chi connectivity index (χ3n) is 3.32. The number of allylic oxidation sites excluding steroid dienone is 3. The van der Waals surface area contributed by atoms with Crippen molar-refractivity contribution in [3.8, 4) is 5.75 Å². The summed E-state index contributed by atoms with van der Waals surface area (Å²) in [7, 11) is 0. The Bertz CT molecular complexity index is 533. The summed E-state index contributed by atoms with van der Waals surface area (Å²) in [6.07, 6.45) is 7.32. The molecule has 4 nitrogen and oxygen atoms in total. The molecule has 4 heteroatoms. The van der Waals surface area contributed by atoms with Crippen molar-refractivity contribution in [2.75, 3.05) is 6.61 Å². The van der Waals surface area contributed by atoms with Gasteiger partial charge in [-0.1, -0.05) is 36.3 Å². The van der Waals surface area contributed by atoms with Gasteiger partial charge >= 0.3 is 5.69 Å². The fourth-order valence-corrected chi connectivity index (χ4v) is 1.80. The second kappa shape index (κ2) is 8.95. The zero-order valence-corrected chi connectivity index (χ0v) is 13.0. The molecule has 0 saturated heterocycles. The molecule has 0 aliphatic carbocycles. The standard InChI is InChI=1S/C17H23NO3/c1-4-14(2)8-7-9-15(3)12-13-21-17-11-6-5-10-16(17)18(19)20/h5-6,8,10-12H,4,7,9,13H2,1-3H3/b14-8-,15-12-. The van der Waals surface area contributed by atoms with Crippen molar-refractivity contribution in [3.63, 3.8) is 0 Å². The highest BCUT2D eigenvalue weighted by atomic mass is 16.6. The molecule has 1 rings (SSSR count). The molecule has 1 aromatic rings. The number of hydrogen-bond acceptors (Lipinski definition) is 3. The maximum atomic E-state index is 10.9. The maximum Gasteiger partial charge on any atom is 0.310 e. The predicted octanol–water partition coefficient (Wildman–Crippen LogP) is 5.06. The van der Waals surface area contributed by atoms with Crippen LogP contribution in [0.25, 0.3) is 0 Å².